The van der Waals surface area contributed by atoms with E-state index in [0.717, 1.165) is 5.39 Å². The molecule has 0 spiro atoms. The van der Waals surface area contributed by atoms with Gasteiger partial charge in [0.05, 0.1) is 36.7 Å². The van der Waals surface area contributed by atoms with E-state index in [9.17, 15) is 9.59 Å². The minimum atomic E-state index is -0.777. The van der Waals surface area contributed by atoms with Crippen LogP contribution in [0.5, 0.6) is 11.5 Å². The lowest BCUT2D eigenvalue weighted by Gasteiger charge is -2.12. The lowest BCUT2D eigenvalue weighted by Crippen LogP contribution is -2.24. The number of hydrogen-bond donors (Lipinski definition) is 0. The number of nitrogens with zero attached hydrogens (tertiary/aromatic N) is 3. The van der Waals surface area contributed by atoms with Crippen molar-refractivity contribution in [3.63, 3.8) is 0 Å². The average Bonchev–Trinajstić information content (AvgIpc) is 3.36. The fraction of sp³-hybridized carbons (Fsp3) is 0.143. The maximum Gasteiger partial charge on any atom is 0.346 e. The molecule has 0 N–H and O–H groups in total. The van der Waals surface area contributed by atoms with Gasteiger partial charge in [-0.25, -0.2) is 9.78 Å². The first kappa shape index (κ1) is 23.8. The summed E-state index contributed by atoms with van der Waals surface area (Å²) in [4.78, 5) is 29.9. The first-order chi connectivity index (χ1) is 18.0. The van der Waals surface area contributed by atoms with Gasteiger partial charge < -0.3 is 18.6 Å². The monoisotopic (exact) mass is 497 g/mol. The van der Waals surface area contributed by atoms with Gasteiger partial charge in [0.2, 0.25) is 5.82 Å². The molecule has 1 atom stereocenters. The Bertz CT molecular complexity index is 1700. The van der Waals surface area contributed by atoms with Crippen molar-refractivity contribution in [2.24, 2.45) is 5.10 Å². The van der Waals surface area contributed by atoms with Crippen LogP contribution in [0.15, 0.2) is 87.1 Å². The molecule has 0 fully saturated rings. The number of esters is 1. The Labute approximate surface area is 211 Å². The molecule has 0 radical (unpaired) electrons. The van der Waals surface area contributed by atoms with Gasteiger partial charge in [-0.05, 0) is 55.0 Å². The summed E-state index contributed by atoms with van der Waals surface area (Å²) in [7, 11) is 2.88. The molecule has 9 nitrogen and oxygen atoms in total. The largest absolute Gasteiger partial charge is 0.496 e. The average molecular weight is 498 g/mol. The summed E-state index contributed by atoms with van der Waals surface area (Å²) in [5.41, 5.74) is 1.41. The fourth-order valence-corrected chi connectivity index (χ4v) is 3.92. The van der Waals surface area contributed by atoms with Crippen molar-refractivity contribution in [3.05, 3.63) is 88.7 Å². The number of ether oxygens (including phenoxy) is 3. The molecule has 186 valence electrons. The summed E-state index contributed by atoms with van der Waals surface area (Å²) in [5.74, 6) is 1.22. The van der Waals surface area contributed by atoms with E-state index in [1.807, 2.05) is 24.3 Å². The predicted octanol–water partition coefficient (Wildman–Crippen LogP) is 4.64. The molecule has 2 heterocycles. The number of furan rings is 1. The van der Waals surface area contributed by atoms with Crippen LogP contribution in [0, 0.1) is 0 Å². The van der Waals surface area contributed by atoms with Crippen LogP contribution in [0.4, 0.5) is 0 Å². The van der Waals surface area contributed by atoms with E-state index < -0.39 is 12.1 Å². The van der Waals surface area contributed by atoms with Crippen LogP contribution in [-0.2, 0) is 9.53 Å². The third-order valence-electron chi connectivity index (χ3n) is 5.74. The fourth-order valence-electron chi connectivity index (χ4n) is 3.92. The number of fused-ring (bicyclic) bond motifs is 2. The third-order valence-corrected chi connectivity index (χ3v) is 5.74. The second-order valence-electron chi connectivity index (χ2n) is 8.15. The molecule has 37 heavy (non-hydrogen) atoms. The van der Waals surface area contributed by atoms with Crippen LogP contribution >= 0.6 is 0 Å². The molecule has 0 saturated heterocycles. The summed E-state index contributed by atoms with van der Waals surface area (Å²) in [6, 6.07) is 21.3. The van der Waals surface area contributed by atoms with Crippen LogP contribution in [0.25, 0.3) is 33.5 Å². The Hall–Kier alpha value is -4.92. The molecule has 0 saturated carbocycles. The first-order valence-electron chi connectivity index (χ1n) is 11.5. The predicted molar refractivity (Wildman–Crippen MR) is 139 cm³/mol. The summed E-state index contributed by atoms with van der Waals surface area (Å²) < 4.78 is 23.1. The third kappa shape index (κ3) is 4.66. The molecule has 0 bridgehead atoms. The SMILES string of the molecule is COC(=O)[C@@H](C)Oc1cccc(C=Nn2c(-c3cc4c(OC)cccc4o3)nc3ccccc3c2=O)c1. The van der Waals surface area contributed by atoms with Crippen molar-refractivity contribution in [1.29, 1.82) is 0 Å². The zero-order valence-corrected chi connectivity index (χ0v) is 20.4. The molecule has 5 aromatic rings. The summed E-state index contributed by atoms with van der Waals surface area (Å²) in [6.45, 7) is 1.60. The zero-order chi connectivity index (χ0) is 25.9. The normalized spacial score (nSPS) is 12.2. The van der Waals surface area contributed by atoms with E-state index in [-0.39, 0.29) is 11.4 Å². The molecule has 3 aromatic carbocycles. The topological polar surface area (TPSA) is 105 Å². The Kier molecular flexibility index (Phi) is 6.42. The van der Waals surface area contributed by atoms with E-state index in [0.29, 0.717) is 39.3 Å². The van der Waals surface area contributed by atoms with Gasteiger partial charge in [0.25, 0.3) is 5.56 Å². The smallest absolute Gasteiger partial charge is 0.346 e. The highest BCUT2D eigenvalue weighted by atomic mass is 16.6. The molecular formula is C28H23N3O6. The number of methoxy groups -OCH3 is 2. The van der Waals surface area contributed by atoms with E-state index in [1.165, 1.54) is 18.0 Å². The van der Waals surface area contributed by atoms with Crippen LogP contribution < -0.4 is 15.0 Å². The highest BCUT2D eigenvalue weighted by Crippen LogP contribution is 2.32. The van der Waals surface area contributed by atoms with Crippen LogP contribution in [0.2, 0.25) is 0 Å². The van der Waals surface area contributed by atoms with E-state index >= 15 is 0 Å². The molecule has 5 rings (SSSR count). The lowest BCUT2D eigenvalue weighted by atomic mass is 10.2. The van der Waals surface area contributed by atoms with Gasteiger partial charge >= 0.3 is 5.97 Å². The molecule has 0 unspecified atom stereocenters. The Balaban J connectivity index is 1.60. The second-order valence-corrected chi connectivity index (χ2v) is 8.15. The van der Waals surface area contributed by atoms with Crippen LogP contribution in [-0.4, -0.2) is 42.2 Å². The number of aromatic nitrogens is 2. The Morgan fingerprint density at radius 2 is 1.84 bits per heavy atom. The van der Waals surface area contributed by atoms with Gasteiger partial charge in [-0.3, -0.25) is 4.79 Å². The highest BCUT2D eigenvalue weighted by molar-refractivity contribution is 5.88. The van der Waals surface area contributed by atoms with Crippen molar-refractivity contribution in [3.8, 4) is 23.1 Å². The maximum absolute atomic E-state index is 13.5. The highest BCUT2D eigenvalue weighted by Gasteiger charge is 2.18. The summed E-state index contributed by atoms with van der Waals surface area (Å²) in [6.07, 6.45) is 0.737. The first-order valence-corrected chi connectivity index (χ1v) is 11.5. The minimum absolute atomic E-state index is 0.241. The minimum Gasteiger partial charge on any atom is -0.496 e. The van der Waals surface area contributed by atoms with Crippen molar-refractivity contribution in [2.75, 3.05) is 14.2 Å². The second kappa shape index (κ2) is 9.98. The maximum atomic E-state index is 13.5. The zero-order valence-electron chi connectivity index (χ0n) is 20.4. The molecule has 0 aliphatic rings. The number of rotatable bonds is 7. The summed E-state index contributed by atoms with van der Waals surface area (Å²) >= 11 is 0. The molecule has 0 aliphatic carbocycles. The molecule has 9 heteroatoms. The standard InChI is InChI=1S/C28H23N3O6/c1-17(28(33)35-3)36-19-9-6-8-18(14-19)16-29-31-26(30-22-11-5-4-10-20(22)27(31)32)25-15-21-23(34-2)12-7-13-24(21)37-25/h4-17H,1-3H3/t17-/m1/s1. The number of carbonyl (C=O) groups is 1. The Morgan fingerprint density at radius 3 is 2.65 bits per heavy atom. The van der Waals surface area contributed by atoms with Crippen molar-refractivity contribution in [2.45, 2.75) is 13.0 Å². The number of carbonyl (C=O) groups excluding carboxylic acids is 1. The van der Waals surface area contributed by atoms with Crippen molar-refractivity contribution >= 4 is 34.1 Å². The van der Waals surface area contributed by atoms with Gasteiger partial charge in [-0.1, -0.05) is 30.3 Å². The number of benzene rings is 3. The van der Waals surface area contributed by atoms with Crippen LogP contribution in [0.3, 0.4) is 0 Å². The Morgan fingerprint density at radius 1 is 1.03 bits per heavy atom. The van der Waals surface area contributed by atoms with Gasteiger partial charge in [0, 0.05) is 0 Å². The van der Waals surface area contributed by atoms with E-state index in [2.05, 4.69) is 5.10 Å². The van der Waals surface area contributed by atoms with Crippen molar-refractivity contribution in [1.82, 2.24) is 9.66 Å². The van der Waals surface area contributed by atoms with Gasteiger partial charge in [-0.15, -0.1) is 0 Å². The molecular weight excluding hydrogens is 474 g/mol. The number of para-hydroxylation sites is 1. The summed E-state index contributed by atoms with van der Waals surface area (Å²) in [5, 5.41) is 5.64. The van der Waals surface area contributed by atoms with E-state index in [4.69, 9.17) is 23.6 Å². The molecule has 0 aliphatic heterocycles. The lowest BCUT2D eigenvalue weighted by molar-refractivity contribution is -0.147. The quantitative estimate of drug-likeness (QED) is 0.238. The van der Waals surface area contributed by atoms with E-state index in [1.54, 1.807) is 62.6 Å². The van der Waals surface area contributed by atoms with Gasteiger partial charge in [-0.2, -0.15) is 9.78 Å². The molecule has 2 aromatic heterocycles. The van der Waals surface area contributed by atoms with Crippen LogP contribution in [0.1, 0.15) is 12.5 Å². The van der Waals surface area contributed by atoms with Crippen molar-refractivity contribution < 1.29 is 23.4 Å². The molecule has 0 amide bonds. The van der Waals surface area contributed by atoms with Gasteiger partial charge in [0.15, 0.2) is 11.9 Å². The number of hydrogen-bond acceptors (Lipinski definition) is 8. The van der Waals surface area contributed by atoms with Gasteiger partial charge in [0.1, 0.15) is 17.1 Å².